The van der Waals surface area contributed by atoms with Crippen LogP contribution in [0.1, 0.15) is 29.7 Å². The third-order valence-electron chi connectivity index (χ3n) is 6.63. The van der Waals surface area contributed by atoms with Gasteiger partial charge in [-0.3, -0.25) is 9.88 Å². The second kappa shape index (κ2) is 7.84. The van der Waals surface area contributed by atoms with Crippen LogP contribution in [0.15, 0.2) is 30.5 Å². The lowest BCUT2D eigenvalue weighted by atomic mass is 9.83. The Balaban J connectivity index is 1.56. The maximum atomic E-state index is 11.6. The molecule has 1 saturated heterocycles. The molecule has 1 saturated carbocycles. The highest BCUT2D eigenvalue weighted by Crippen LogP contribution is 2.51. The second-order valence-electron chi connectivity index (χ2n) is 8.21. The summed E-state index contributed by atoms with van der Waals surface area (Å²) in [5, 5.41) is 11.6. The van der Waals surface area contributed by atoms with Crippen LogP contribution >= 0.6 is 0 Å². The van der Waals surface area contributed by atoms with Gasteiger partial charge in [0.25, 0.3) is 0 Å². The summed E-state index contributed by atoms with van der Waals surface area (Å²) in [5.74, 6) is 2.82. The summed E-state index contributed by atoms with van der Waals surface area (Å²) in [7, 11) is 4.94. The van der Waals surface area contributed by atoms with E-state index in [1.807, 2.05) is 31.2 Å². The molecule has 3 atom stereocenters. The molecule has 2 fully saturated rings. The van der Waals surface area contributed by atoms with Crippen LogP contribution in [0.2, 0.25) is 0 Å². The van der Waals surface area contributed by atoms with Crippen LogP contribution in [0.5, 0.6) is 17.2 Å². The van der Waals surface area contributed by atoms with Crippen molar-refractivity contribution in [3.05, 3.63) is 47.3 Å². The van der Waals surface area contributed by atoms with Gasteiger partial charge in [0.1, 0.15) is 11.4 Å². The molecule has 2 heterocycles. The molecule has 1 aliphatic carbocycles. The highest BCUT2D eigenvalue weighted by molar-refractivity contribution is 5.50. The average Bonchev–Trinajstić information content (AvgIpc) is 3.28. The Labute approximate surface area is 172 Å². The van der Waals surface area contributed by atoms with E-state index in [2.05, 4.69) is 9.88 Å². The number of fused-ring (bicyclic) bond motifs is 1. The van der Waals surface area contributed by atoms with Gasteiger partial charge >= 0.3 is 0 Å². The third kappa shape index (κ3) is 3.45. The van der Waals surface area contributed by atoms with E-state index in [9.17, 15) is 5.11 Å². The van der Waals surface area contributed by atoms with E-state index in [1.165, 1.54) is 0 Å². The molecule has 0 spiro atoms. The van der Waals surface area contributed by atoms with Gasteiger partial charge in [0.2, 0.25) is 0 Å². The Morgan fingerprint density at radius 1 is 1.10 bits per heavy atom. The zero-order valence-corrected chi connectivity index (χ0v) is 17.6. The van der Waals surface area contributed by atoms with Crippen LogP contribution in [0.25, 0.3) is 0 Å². The molecular weight excluding hydrogens is 368 g/mol. The number of aromatic nitrogens is 1. The molecule has 0 amide bonds. The van der Waals surface area contributed by atoms with Gasteiger partial charge in [0.15, 0.2) is 11.5 Å². The molecule has 0 radical (unpaired) electrons. The van der Waals surface area contributed by atoms with E-state index in [0.717, 1.165) is 55.0 Å². The SMILES string of the molecule is COc1cc(OC)c(OC)cc1CN1C[C@@H]2CC[C@@](O)(c3ncccc3C)[C@@H]2C1. The van der Waals surface area contributed by atoms with Crippen molar-refractivity contribution in [2.75, 3.05) is 34.4 Å². The third-order valence-corrected chi connectivity index (χ3v) is 6.63. The molecule has 6 nitrogen and oxygen atoms in total. The number of benzene rings is 1. The van der Waals surface area contributed by atoms with Crippen LogP contribution in [0.4, 0.5) is 0 Å². The van der Waals surface area contributed by atoms with Gasteiger partial charge in [-0.25, -0.2) is 0 Å². The predicted octanol–water partition coefficient (Wildman–Crippen LogP) is 3.15. The minimum absolute atomic E-state index is 0.197. The molecule has 156 valence electrons. The Kier molecular flexibility index (Phi) is 5.40. The number of likely N-dealkylation sites (tertiary alicyclic amines) is 1. The van der Waals surface area contributed by atoms with Gasteiger partial charge in [0, 0.05) is 43.4 Å². The lowest BCUT2D eigenvalue weighted by Crippen LogP contribution is -2.36. The summed E-state index contributed by atoms with van der Waals surface area (Å²) < 4.78 is 16.5. The van der Waals surface area contributed by atoms with Crippen LogP contribution in [0, 0.1) is 18.8 Å². The Morgan fingerprint density at radius 2 is 1.83 bits per heavy atom. The van der Waals surface area contributed by atoms with E-state index in [4.69, 9.17) is 14.2 Å². The van der Waals surface area contributed by atoms with Crippen LogP contribution in [-0.2, 0) is 12.1 Å². The van der Waals surface area contributed by atoms with Gasteiger partial charge in [0.05, 0.1) is 27.0 Å². The summed E-state index contributed by atoms with van der Waals surface area (Å²) in [4.78, 5) is 6.96. The average molecular weight is 399 g/mol. The lowest BCUT2D eigenvalue weighted by molar-refractivity contribution is -0.0114. The van der Waals surface area contributed by atoms with Crippen molar-refractivity contribution < 1.29 is 19.3 Å². The number of aliphatic hydroxyl groups is 1. The van der Waals surface area contributed by atoms with E-state index >= 15 is 0 Å². The van der Waals surface area contributed by atoms with Gasteiger partial charge in [-0.2, -0.15) is 0 Å². The molecule has 6 heteroatoms. The fourth-order valence-electron chi connectivity index (χ4n) is 5.20. The maximum Gasteiger partial charge on any atom is 0.164 e. The first kappa shape index (κ1) is 20.0. The summed E-state index contributed by atoms with van der Waals surface area (Å²) in [5.41, 5.74) is 2.13. The molecule has 0 bridgehead atoms. The minimum Gasteiger partial charge on any atom is -0.496 e. The van der Waals surface area contributed by atoms with E-state index in [0.29, 0.717) is 17.4 Å². The van der Waals surface area contributed by atoms with Gasteiger partial charge in [-0.15, -0.1) is 0 Å². The summed E-state index contributed by atoms with van der Waals surface area (Å²) in [6.07, 6.45) is 3.60. The number of methoxy groups -OCH3 is 3. The van der Waals surface area contributed by atoms with Crippen LogP contribution < -0.4 is 14.2 Å². The molecule has 29 heavy (non-hydrogen) atoms. The monoisotopic (exact) mass is 398 g/mol. The molecule has 2 aliphatic rings. The quantitative estimate of drug-likeness (QED) is 0.807. The molecule has 2 aromatic rings. The normalized spacial score (nSPS) is 26.4. The first-order chi connectivity index (χ1) is 14.0. The number of aryl methyl sites for hydroxylation is 1. The van der Waals surface area contributed by atoms with Crippen molar-refractivity contribution in [3.8, 4) is 17.2 Å². The van der Waals surface area contributed by atoms with Crippen molar-refractivity contribution >= 4 is 0 Å². The van der Waals surface area contributed by atoms with Crippen molar-refractivity contribution in [1.82, 2.24) is 9.88 Å². The highest BCUT2D eigenvalue weighted by atomic mass is 16.5. The number of hydrogen-bond acceptors (Lipinski definition) is 6. The maximum absolute atomic E-state index is 11.6. The van der Waals surface area contributed by atoms with Gasteiger partial charge < -0.3 is 19.3 Å². The highest BCUT2D eigenvalue weighted by Gasteiger charge is 2.53. The summed E-state index contributed by atoms with van der Waals surface area (Å²) >= 11 is 0. The van der Waals surface area contributed by atoms with E-state index in [-0.39, 0.29) is 5.92 Å². The first-order valence-corrected chi connectivity index (χ1v) is 10.2. The standard InChI is InChI=1S/C23H30N2O4/c1-15-6-5-9-24-22(15)23(26)8-7-16-12-25(14-18(16)23)13-17-10-20(28-3)21(29-4)11-19(17)27-2/h5-6,9-11,16,18,26H,7-8,12-14H2,1-4H3/t16-,18+,23-/m0/s1. The number of rotatable bonds is 6. The fraction of sp³-hybridized carbons (Fsp3) is 0.522. The van der Waals surface area contributed by atoms with E-state index in [1.54, 1.807) is 27.5 Å². The molecular formula is C23H30N2O4. The molecule has 4 rings (SSSR count). The minimum atomic E-state index is -0.841. The Hall–Kier alpha value is -2.31. The van der Waals surface area contributed by atoms with Crippen molar-refractivity contribution in [3.63, 3.8) is 0 Å². The largest absolute Gasteiger partial charge is 0.496 e. The van der Waals surface area contributed by atoms with Crippen molar-refractivity contribution in [1.29, 1.82) is 0 Å². The molecule has 0 unspecified atom stereocenters. The van der Waals surface area contributed by atoms with Crippen LogP contribution in [0.3, 0.4) is 0 Å². The fourth-order valence-corrected chi connectivity index (χ4v) is 5.20. The first-order valence-electron chi connectivity index (χ1n) is 10.2. The number of pyridine rings is 1. The summed E-state index contributed by atoms with van der Waals surface area (Å²) in [6, 6.07) is 7.83. The Morgan fingerprint density at radius 3 is 2.52 bits per heavy atom. The topological polar surface area (TPSA) is 64.0 Å². The Bertz CT molecular complexity index is 887. The number of nitrogens with zero attached hydrogens (tertiary/aromatic N) is 2. The van der Waals surface area contributed by atoms with Crippen molar-refractivity contribution in [2.24, 2.45) is 11.8 Å². The number of ether oxygens (including phenoxy) is 3. The molecule has 1 aliphatic heterocycles. The van der Waals surface area contributed by atoms with Crippen LogP contribution in [-0.4, -0.2) is 49.4 Å². The molecule has 1 aromatic heterocycles. The second-order valence-corrected chi connectivity index (χ2v) is 8.21. The zero-order valence-electron chi connectivity index (χ0n) is 17.6. The van der Waals surface area contributed by atoms with E-state index < -0.39 is 5.60 Å². The summed E-state index contributed by atoms with van der Waals surface area (Å²) in [6.45, 7) is 4.59. The van der Waals surface area contributed by atoms with Crippen molar-refractivity contribution in [2.45, 2.75) is 31.9 Å². The zero-order chi connectivity index (χ0) is 20.6. The smallest absolute Gasteiger partial charge is 0.164 e. The predicted molar refractivity (Wildman–Crippen MR) is 110 cm³/mol. The molecule has 1 aromatic carbocycles. The van der Waals surface area contributed by atoms with Gasteiger partial charge in [-0.1, -0.05) is 6.07 Å². The van der Waals surface area contributed by atoms with Gasteiger partial charge in [-0.05, 0) is 43.4 Å². The lowest BCUT2D eigenvalue weighted by Gasteiger charge is -2.31. The molecule has 1 N–H and O–H groups in total. The number of hydrogen-bond donors (Lipinski definition) is 1.